The first-order chi connectivity index (χ1) is 16.5. The predicted octanol–water partition coefficient (Wildman–Crippen LogP) is 0.227. The zero-order chi connectivity index (χ0) is 25.5. The number of nitrogens with zero attached hydrogens (tertiary/aromatic N) is 3. The first-order valence-electron chi connectivity index (χ1n) is 10.6. The molecule has 3 atom stereocenters. The van der Waals surface area contributed by atoms with Crippen LogP contribution in [0.15, 0.2) is 21.8 Å². The summed E-state index contributed by atoms with van der Waals surface area (Å²) in [6, 6.07) is -1.03. The maximum absolute atomic E-state index is 13.1. The zero-order valence-electron chi connectivity index (χ0n) is 18.7. The summed E-state index contributed by atoms with van der Waals surface area (Å²) in [7, 11) is 0. The van der Waals surface area contributed by atoms with Crippen molar-refractivity contribution in [3.05, 3.63) is 22.3 Å². The second kappa shape index (κ2) is 9.47. The van der Waals surface area contributed by atoms with Gasteiger partial charge >= 0.3 is 11.9 Å². The Kier molecular flexibility index (Phi) is 6.75. The van der Waals surface area contributed by atoms with Crippen LogP contribution in [0.2, 0.25) is 0 Å². The highest BCUT2D eigenvalue weighted by molar-refractivity contribution is 8.00. The van der Waals surface area contributed by atoms with Crippen LogP contribution in [0.5, 0.6) is 0 Å². The molecule has 0 aliphatic carbocycles. The Morgan fingerprint density at radius 1 is 1.37 bits per heavy atom. The number of carboxylic acids is 2. The number of thiazole rings is 1. The molecule has 4 heterocycles. The molecule has 2 saturated heterocycles. The maximum Gasteiger partial charge on any atom is 0.352 e. The number of carboxylic acid groups (broad SMARTS) is 2. The van der Waals surface area contributed by atoms with Crippen LogP contribution in [0.25, 0.3) is 0 Å². The van der Waals surface area contributed by atoms with Crippen molar-refractivity contribution >= 4 is 57.7 Å². The van der Waals surface area contributed by atoms with Crippen LogP contribution in [-0.2, 0) is 28.8 Å². The molecule has 0 unspecified atom stereocenters. The number of hydrogen-bond donors (Lipinski definition) is 4. The number of anilines is 1. The fourth-order valence-electron chi connectivity index (χ4n) is 3.75. The monoisotopic (exact) mass is 525 g/mol. The molecule has 1 aromatic rings. The number of β-lactam (4-membered cyclic amide) rings is 1. The van der Waals surface area contributed by atoms with E-state index in [0.29, 0.717) is 24.4 Å². The number of nitrogens with two attached hydrogens (primary N) is 1. The average molecular weight is 526 g/mol. The molecule has 0 saturated carbocycles. The van der Waals surface area contributed by atoms with Gasteiger partial charge in [0.25, 0.3) is 11.8 Å². The Balaban J connectivity index is 1.55. The molecule has 5 N–H and O–H groups in total. The van der Waals surface area contributed by atoms with Gasteiger partial charge in [-0.05, 0) is 32.3 Å². The lowest BCUT2D eigenvalue weighted by Gasteiger charge is -2.49. The summed E-state index contributed by atoms with van der Waals surface area (Å²) in [5, 5.41) is 26.3. The molecule has 15 heteroatoms. The number of hydrogen-bond acceptors (Lipinski definition) is 11. The van der Waals surface area contributed by atoms with E-state index in [1.165, 1.54) is 35.9 Å². The second-order valence-electron chi connectivity index (χ2n) is 8.46. The van der Waals surface area contributed by atoms with Gasteiger partial charge in [0, 0.05) is 17.7 Å². The molecule has 0 aromatic carbocycles. The van der Waals surface area contributed by atoms with Crippen LogP contribution in [0.4, 0.5) is 5.13 Å². The molecular weight excluding hydrogens is 502 g/mol. The van der Waals surface area contributed by atoms with Gasteiger partial charge < -0.3 is 30.8 Å². The van der Waals surface area contributed by atoms with Gasteiger partial charge in [-0.2, -0.15) is 0 Å². The van der Waals surface area contributed by atoms with Crippen molar-refractivity contribution in [3.8, 4) is 0 Å². The summed E-state index contributed by atoms with van der Waals surface area (Å²) in [5.41, 5.74) is 4.03. The van der Waals surface area contributed by atoms with Gasteiger partial charge in [-0.1, -0.05) is 5.16 Å². The number of thioether (sulfide) groups is 1. The fraction of sp³-hybridized carbons (Fsp3) is 0.500. The summed E-state index contributed by atoms with van der Waals surface area (Å²) in [5.74, 6) is -3.64. The Morgan fingerprint density at radius 2 is 2.11 bits per heavy atom. The standard InChI is InChI=1S/C20H23N5O8S2/c1-20(2,18(30)31)33-24-11(9-7-35-19(21)22-9)14(26)23-12-15(27)25-13(17(28)29)8(6-34-16(12)25)10-4-3-5-32-10/h7,10,12,16H,3-6H2,1-2H3,(H2,21,22)(H,23,26)(H,28,29)(H,30,31)/b24-11-/t10-,12+,16+/m0/s1. The van der Waals surface area contributed by atoms with Crippen molar-refractivity contribution in [3.63, 3.8) is 0 Å². The minimum absolute atomic E-state index is 0.0397. The molecule has 2 fully saturated rings. The van der Waals surface area contributed by atoms with Crippen LogP contribution in [-0.4, -0.2) is 85.0 Å². The van der Waals surface area contributed by atoms with Gasteiger partial charge in [-0.3, -0.25) is 14.5 Å². The minimum atomic E-state index is -1.74. The van der Waals surface area contributed by atoms with Crippen molar-refractivity contribution in [2.45, 2.75) is 49.8 Å². The van der Waals surface area contributed by atoms with Gasteiger partial charge in [0.1, 0.15) is 22.8 Å². The third kappa shape index (κ3) is 4.70. The van der Waals surface area contributed by atoms with Crippen LogP contribution < -0.4 is 11.1 Å². The molecule has 3 aliphatic heterocycles. The number of amides is 2. The molecule has 0 radical (unpaired) electrons. The number of ether oxygens (including phenoxy) is 1. The second-order valence-corrected chi connectivity index (χ2v) is 10.5. The maximum atomic E-state index is 13.1. The SMILES string of the molecule is CC(C)(O/N=C(\C(=O)N[C@@H]1C(=O)N2C(C(=O)O)=C([C@@H]3CCCO3)CS[C@H]12)c1csc(N)n1)C(=O)O. The molecule has 0 spiro atoms. The van der Waals surface area contributed by atoms with Gasteiger partial charge in [0.05, 0.1) is 6.10 Å². The number of carbonyl (C=O) groups excluding carboxylic acids is 2. The molecule has 188 valence electrons. The van der Waals surface area contributed by atoms with Gasteiger partial charge in [0.2, 0.25) is 5.60 Å². The minimum Gasteiger partial charge on any atom is -0.478 e. The molecule has 0 bridgehead atoms. The summed E-state index contributed by atoms with van der Waals surface area (Å²) >= 11 is 2.36. The normalized spacial score (nSPS) is 24.6. The fourth-order valence-corrected chi connectivity index (χ4v) is 5.71. The van der Waals surface area contributed by atoms with E-state index < -0.39 is 40.8 Å². The Morgan fingerprint density at radius 3 is 2.69 bits per heavy atom. The number of aromatic nitrogens is 1. The Bertz CT molecular complexity index is 1140. The van der Waals surface area contributed by atoms with E-state index in [1.54, 1.807) is 0 Å². The first kappa shape index (κ1) is 24.9. The quantitative estimate of drug-likeness (QED) is 0.206. The highest BCUT2D eigenvalue weighted by atomic mass is 32.2. The first-order valence-corrected chi connectivity index (χ1v) is 12.5. The summed E-state index contributed by atoms with van der Waals surface area (Å²) < 4.78 is 5.63. The van der Waals surface area contributed by atoms with E-state index in [2.05, 4.69) is 15.5 Å². The molecule has 35 heavy (non-hydrogen) atoms. The number of carbonyl (C=O) groups is 4. The summed E-state index contributed by atoms with van der Waals surface area (Å²) in [6.45, 7) is 3.04. The highest BCUT2D eigenvalue weighted by Gasteiger charge is 2.55. The van der Waals surface area contributed by atoms with E-state index in [4.69, 9.17) is 15.3 Å². The number of aliphatic carboxylic acids is 2. The third-order valence-electron chi connectivity index (χ3n) is 5.67. The van der Waals surface area contributed by atoms with E-state index in [0.717, 1.165) is 17.8 Å². The van der Waals surface area contributed by atoms with Gasteiger partial charge in [0.15, 0.2) is 10.8 Å². The van der Waals surface area contributed by atoms with E-state index >= 15 is 0 Å². The van der Waals surface area contributed by atoms with Crippen LogP contribution in [0.1, 0.15) is 32.4 Å². The largest absolute Gasteiger partial charge is 0.478 e. The van der Waals surface area contributed by atoms with Crippen molar-refractivity contribution in [2.75, 3.05) is 18.1 Å². The Hall–Kier alpha value is -3.17. The lowest BCUT2D eigenvalue weighted by atomic mass is 9.99. The van der Waals surface area contributed by atoms with E-state index in [-0.39, 0.29) is 28.3 Å². The van der Waals surface area contributed by atoms with Gasteiger partial charge in [-0.15, -0.1) is 23.1 Å². The van der Waals surface area contributed by atoms with Crippen molar-refractivity contribution in [1.82, 2.24) is 15.2 Å². The van der Waals surface area contributed by atoms with Crippen molar-refractivity contribution < 1.29 is 39.0 Å². The topological polar surface area (TPSA) is 194 Å². The van der Waals surface area contributed by atoms with Crippen LogP contribution in [0.3, 0.4) is 0 Å². The highest BCUT2D eigenvalue weighted by Crippen LogP contribution is 2.42. The summed E-state index contributed by atoms with van der Waals surface area (Å²) in [4.78, 5) is 59.6. The molecule has 4 rings (SSSR count). The van der Waals surface area contributed by atoms with Crippen LogP contribution >= 0.6 is 23.1 Å². The number of oxime groups is 1. The molecule has 3 aliphatic rings. The average Bonchev–Trinajstić information content (AvgIpc) is 3.48. The number of fused-ring (bicyclic) bond motifs is 1. The molecule has 1 aromatic heterocycles. The number of nitrogens with one attached hydrogen (secondary N) is 1. The lowest BCUT2D eigenvalue weighted by molar-refractivity contribution is -0.161. The van der Waals surface area contributed by atoms with Gasteiger partial charge in [-0.25, -0.2) is 14.6 Å². The third-order valence-corrected chi connectivity index (χ3v) is 7.64. The Labute approximate surface area is 207 Å². The van der Waals surface area contributed by atoms with E-state index in [1.807, 2.05) is 0 Å². The zero-order valence-corrected chi connectivity index (χ0v) is 20.4. The molecule has 13 nitrogen and oxygen atoms in total. The molecular formula is C20H23N5O8S2. The van der Waals surface area contributed by atoms with Crippen molar-refractivity contribution in [1.29, 1.82) is 0 Å². The predicted molar refractivity (Wildman–Crippen MR) is 125 cm³/mol. The lowest BCUT2D eigenvalue weighted by Crippen LogP contribution is -2.71. The smallest absolute Gasteiger partial charge is 0.352 e. The number of nitrogen functional groups attached to an aromatic ring is 1. The number of rotatable bonds is 8. The molecule has 2 amide bonds. The van der Waals surface area contributed by atoms with Crippen molar-refractivity contribution in [2.24, 2.45) is 5.16 Å². The van der Waals surface area contributed by atoms with Crippen LogP contribution in [0, 0.1) is 0 Å². The summed E-state index contributed by atoms with van der Waals surface area (Å²) in [6.07, 6.45) is 1.15. The van der Waals surface area contributed by atoms with E-state index in [9.17, 15) is 29.4 Å².